The second kappa shape index (κ2) is 8.92. The highest BCUT2D eigenvalue weighted by atomic mass is 15.3. The predicted octanol–water partition coefficient (Wildman–Crippen LogP) is 3.51. The summed E-state index contributed by atoms with van der Waals surface area (Å²) in [7, 11) is 0. The van der Waals surface area contributed by atoms with Gasteiger partial charge in [0, 0.05) is 37.6 Å². The molecular weight excluding hydrogens is 438 g/mol. The van der Waals surface area contributed by atoms with E-state index in [-0.39, 0.29) is 0 Å². The van der Waals surface area contributed by atoms with Crippen molar-refractivity contribution in [1.29, 1.82) is 0 Å². The Hall–Kier alpha value is -4.11. The van der Waals surface area contributed by atoms with E-state index in [1.807, 2.05) is 18.3 Å². The van der Waals surface area contributed by atoms with Crippen molar-refractivity contribution in [2.75, 3.05) is 29.9 Å². The zero-order valence-electron chi connectivity index (χ0n) is 19.8. The van der Waals surface area contributed by atoms with E-state index in [4.69, 9.17) is 4.98 Å². The lowest BCUT2D eigenvalue weighted by atomic mass is 10.0. The molecule has 35 heavy (non-hydrogen) atoms. The summed E-state index contributed by atoms with van der Waals surface area (Å²) in [5, 5.41) is 11.1. The molecule has 1 atom stereocenters. The van der Waals surface area contributed by atoms with Crippen molar-refractivity contribution in [3.63, 3.8) is 0 Å². The summed E-state index contributed by atoms with van der Waals surface area (Å²) >= 11 is 0. The molecule has 0 radical (unpaired) electrons. The molecule has 0 bridgehead atoms. The van der Waals surface area contributed by atoms with Gasteiger partial charge in [-0.1, -0.05) is 6.07 Å². The molecule has 0 saturated carbocycles. The fourth-order valence-corrected chi connectivity index (χ4v) is 4.63. The number of pyridine rings is 2. The lowest BCUT2D eigenvalue weighted by molar-refractivity contribution is 0.482. The Bertz CT molecular complexity index is 1510. The minimum Gasteiger partial charge on any atom is -0.354 e. The number of hydrogen-bond donors (Lipinski definition) is 2. The number of hydrogen-bond acceptors (Lipinski definition) is 8. The number of nitrogens with one attached hydrogen (secondary N) is 2. The lowest BCUT2D eigenvalue weighted by Crippen LogP contribution is -2.49. The van der Waals surface area contributed by atoms with Crippen LogP contribution in [0.15, 0.2) is 61.3 Å². The van der Waals surface area contributed by atoms with Crippen molar-refractivity contribution in [3.05, 3.63) is 78.0 Å². The van der Waals surface area contributed by atoms with Gasteiger partial charge in [-0.05, 0) is 73.4 Å². The molecule has 9 nitrogen and oxygen atoms in total. The quantitative estimate of drug-likeness (QED) is 0.407. The predicted molar refractivity (Wildman–Crippen MR) is 137 cm³/mol. The number of piperazine rings is 1. The van der Waals surface area contributed by atoms with E-state index < -0.39 is 0 Å². The Labute approximate surface area is 203 Å². The number of fused-ring (bicyclic) bond motifs is 2. The van der Waals surface area contributed by atoms with Crippen molar-refractivity contribution in [1.82, 2.24) is 34.9 Å². The van der Waals surface area contributed by atoms with Gasteiger partial charge in [0.15, 0.2) is 11.5 Å². The van der Waals surface area contributed by atoms with E-state index in [9.17, 15) is 0 Å². The van der Waals surface area contributed by atoms with Gasteiger partial charge < -0.3 is 15.5 Å². The maximum atomic E-state index is 4.94. The monoisotopic (exact) mass is 465 g/mol. The van der Waals surface area contributed by atoms with E-state index in [0.717, 1.165) is 54.2 Å². The van der Waals surface area contributed by atoms with Crippen LogP contribution in [0.1, 0.15) is 23.6 Å². The summed E-state index contributed by atoms with van der Waals surface area (Å²) in [6, 6.07) is 15.1. The van der Waals surface area contributed by atoms with Gasteiger partial charge in [-0.25, -0.2) is 24.5 Å². The highest BCUT2D eigenvalue weighted by Crippen LogP contribution is 2.26. The average molecular weight is 466 g/mol. The maximum Gasteiger partial charge on any atom is 0.160 e. The third-order valence-corrected chi connectivity index (χ3v) is 6.50. The summed E-state index contributed by atoms with van der Waals surface area (Å²) in [6.07, 6.45) is 5.94. The number of nitrogens with zero attached hydrogens (tertiary/aromatic N) is 7. The zero-order valence-corrected chi connectivity index (χ0v) is 19.8. The summed E-state index contributed by atoms with van der Waals surface area (Å²) in [5.74, 6) is 1.67. The van der Waals surface area contributed by atoms with Crippen LogP contribution in [-0.2, 0) is 6.42 Å². The van der Waals surface area contributed by atoms with Gasteiger partial charge in [-0.3, -0.25) is 0 Å². The van der Waals surface area contributed by atoms with E-state index in [2.05, 4.69) is 79.8 Å². The average Bonchev–Trinajstić information content (AvgIpc) is 3.34. The molecule has 1 aliphatic heterocycles. The van der Waals surface area contributed by atoms with Gasteiger partial charge in [0.05, 0.1) is 5.52 Å². The van der Waals surface area contributed by atoms with Crippen LogP contribution < -0.4 is 15.5 Å². The molecule has 1 saturated heterocycles. The van der Waals surface area contributed by atoms with Gasteiger partial charge in [-0.15, -0.1) is 0 Å². The van der Waals surface area contributed by atoms with Crippen LogP contribution in [0.3, 0.4) is 0 Å². The summed E-state index contributed by atoms with van der Waals surface area (Å²) < 4.78 is 1.78. The maximum absolute atomic E-state index is 4.94. The van der Waals surface area contributed by atoms with E-state index in [1.165, 1.54) is 16.7 Å². The number of aryl methyl sites for hydroxylation is 1. The molecule has 1 aromatic carbocycles. The first kappa shape index (κ1) is 21.4. The number of benzene rings is 1. The topological polar surface area (TPSA) is 96.2 Å². The molecule has 1 unspecified atom stereocenters. The molecule has 0 amide bonds. The number of rotatable bonds is 5. The van der Waals surface area contributed by atoms with Crippen molar-refractivity contribution in [2.45, 2.75) is 26.3 Å². The van der Waals surface area contributed by atoms with E-state index >= 15 is 0 Å². The summed E-state index contributed by atoms with van der Waals surface area (Å²) in [5.41, 5.74) is 7.11. The first-order chi connectivity index (χ1) is 17.1. The molecule has 0 aliphatic carbocycles. The third kappa shape index (κ3) is 4.38. The van der Waals surface area contributed by atoms with E-state index in [0.29, 0.717) is 11.9 Å². The highest BCUT2D eigenvalue weighted by Gasteiger charge is 2.18. The first-order valence-electron chi connectivity index (χ1n) is 11.9. The Morgan fingerprint density at radius 2 is 2.00 bits per heavy atom. The van der Waals surface area contributed by atoms with Crippen molar-refractivity contribution in [2.24, 2.45) is 0 Å². The minimum absolute atomic E-state index is 0.436. The zero-order chi connectivity index (χ0) is 23.8. The van der Waals surface area contributed by atoms with Crippen LogP contribution in [0.2, 0.25) is 0 Å². The van der Waals surface area contributed by atoms with Gasteiger partial charge in [0.2, 0.25) is 0 Å². The van der Waals surface area contributed by atoms with Crippen LogP contribution in [0, 0.1) is 6.92 Å². The number of anilines is 3. The Balaban J connectivity index is 1.25. The second-order valence-electron chi connectivity index (χ2n) is 9.10. The normalized spacial score (nSPS) is 16.2. The smallest absolute Gasteiger partial charge is 0.160 e. The fraction of sp³-hybridized carbons (Fsp3) is 0.269. The first-order valence-corrected chi connectivity index (χ1v) is 11.9. The van der Waals surface area contributed by atoms with Gasteiger partial charge >= 0.3 is 0 Å². The van der Waals surface area contributed by atoms with Crippen molar-refractivity contribution >= 4 is 34.0 Å². The van der Waals surface area contributed by atoms with Crippen LogP contribution in [0.4, 0.5) is 17.3 Å². The molecule has 9 heteroatoms. The van der Waals surface area contributed by atoms with Gasteiger partial charge in [-0.2, -0.15) is 5.10 Å². The van der Waals surface area contributed by atoms with Crippen LogP contribution in [0.5, 0.6) is 0 Å². The summed E-state index contributed by atoms with van der Waals surface area (Å²) in [4.78, 5) is 20.5. The van der Waals surface area contributed by atoms with Crippen LogP contribution >= 0.6 is 0 Å². The van der Waals surface area contributed by atoms with Crippen LogP contribution in [0.25, 0.3) is 16.7 Å². The Morgan fingerprint density at radius 3 is 2.89 bits per heavy atom. The molecule has 6 rings (SSSR count). The molecule has 4 aromatic heterocycles. The van der Waals surface area contributed by atoms with Crippen LogP contribution in [-0.4, -0.2) is 55.2 Å². The number of aromatic nitrogens is 6. The second-order valence-corrected chi connectivity index (χ2v) is 9.10. The minimum atomic E-state index is 0.436. The fourth-order valence-electron chi connectivity index (χ4n) is 4.63. The lowest BCUT2D eigenvalue weighted by Gasteiger charge is -2.32. The van der Waals surface area contributed by atoms with E-state index in [1.54, 1.807) is 17.2 Å². The molecule has 5 heterocycles. The molecular formula is C26H27N9. The van der Waals surface area contributed by atoms with Gasteiger partial charge in [0.1, 0.15) is 24.0 Å². The molecule has 0 spiro atoms. The molecule has 2 N–H and O–H groups in total. The molecule has 5 aromatic rings. The van der Waals surface area contributed by atoms with Gasteiger partial charge in [0.25, 0.3) is 0 Å². The van der Waals surface area contributed by atoms with Crippen molar-refractivity contribution in [3.8, 4) is 0 Å². The standard InChI is InChI=1S/C26H27N9/c1-17-11-21(4-3-20(17)12-19-7-9-35-24(13-19)29-16-31-35)32-26-25-22(28-15-30-26)5-6-23(33-25)34-10-8-27-18(2)14-34/h3-7,9,11,13,15-16,18,27H,8,10,12,14H2,1-2H3,(H,28,30,32). The molecule has 176 valence electrons. The molecule has 1 aliphatic rings. The third-order valence-electron chi connectivity index (χ3n) is 6.50. The van der Waals surface area contributed by atoms with Crippen molar-refractivity contribution < 1.29 is 0 Å². The highest BCUT2D eigenvalue weighted by molar-refractivity contribution is 5.88. The largest absolute Gasteiger partial charge is 0.354 e. The molecule has 1 fully saturated rings. The SMILES string of the molecule is Cc1cc(Nc2ncnc3ccc(N4CCNC(C)C4)nc23)ccc1Cc1ccn2ncnc2c1. The summed E-state index contributed by atoms with van der Waals surface area (Å²) in [6.45, 7) is 7.15. The Kier molecular flexibility index (Phi) is 5.46. The Morgan fingerprint density at radius 1 is 1.06 bits per heavy atom.